The molecule has 1 aromatic heterocycles. The second kappa shape index (κ2) is 6.10. The van der Waals surface area contributed by atoms with E-state index in [0.717, 1.165) is 49.0 Å². The van der Waals surface area contributed by atoms with Gasteiger partial charge < -0.3 is 15.3 Å². The van der Waals surface area contributed by atoms with Gasteiger partial charge in [0.05, 0.1) is 6.10 Å². The van der Waals surface area contributed by atoms with Gasteiger partial charge in [0, 0.05) is 31.8 Å². The van der Waals surface area contributed by atoms with Gasteiger partial charge in [-0.3, -0.25) is 0 Å². The summed E-state index contributed by atoms with van der Waals surface area (Å²) in [5, 5.41) is 12.7. The number of benzene rings is 1. The molecular formula is C16H20N4O. The Hall–Kier alpha value is -2.14. The van der Waals surface area contributed by atoms with E-state index in [1.165, 1.54) is 0 Å². The van der Waals surface area contributed by atoms with Crippen LogP contribution in [0, 0.1) is 0 Å². The molecule has 110 valence electrons. The van der Waals surface area contributed by atoms with Gasteiger partial charge in [0.15, 0.2) is 5.82 Å². The first-order valence-electron chi connectivity index (χ1n) is 7.31. The summed E-state index contributed by atoms with van der Waals surface area (Å²) in [5.41, 5.74) is 1.01. The average Bonchev–Trinajstić information content (AvgIpc) is 2.56. The van der Waals surface area contributed by atoms with Crippen molar-refractivity contribution >= 4 is 11.6 Å². The van der Waals surface area contributed by atoms with Gasteiger partial charge in [-0.05, 0) is 12.8 Å². The van der Waals surface area contributed by atoms with Crippen molar-refractivity contribution in [3.8, 4) is 11.4 Å². The fraction of sp³-hybridized carbons (Fsp3) is 0.375. The molecule has 1 aliphatic rings. The van der Waals surface area contributed by atoms with Crippen LogP contribution in [0.25, 0.3) is 11.4 Å². The van der Waals surface area contributed by atoms with E-state index in [0.29, 0.717) is 0 Å². The fourth-order valence-electron chi connectivity index (χ4n) is 2.54. The van der Waals surface area contributed by atoms with Crippen LogP contribution in [-0.2, 0) is 0 Å². The maximum absolute atomic E-state index is 9.64. The highest BCUT2D eigenvalue weighted by Crippen LogP contribution is 2.24. The number of rotatable bonds is 3. The average molecular weight is 284 g/mol. The molecule has 5 nitrogen and oxygen atoms in total. The molecule has 0 atom stereocenters. The highest BCUT2D eigenvalue weighted by atomic mass is 16.3. The number of hydrogen-bond donors (Lipinski definition) is 2. The molecule has 0 unspecified atom stereocenters. The van der Waals surface area contributed by atoms with Crippen LogP contribution in [0.2, 0.25) is 0 Å². The number of piperidine rings is 1. The molecule has 21 heavy (non-hydrogen) atoms. The van der Waals surface area contributed by atoms with Crippen molar-refractivity contribution in [1.29, 1.82) is 0 Å². The summed E-state index contributed by atoms with van der Waals surface area (Å²) in [6.45, 7) is 1.66. The summed E-state index contributed by atoms with van der Waals surface area (Å²) < 4.78 is 0. The quantitative estimate of drug-likeness (QED) is 0.904. The first-order valence-corrected chi connectivity index (χ1v) is 7.31. The van der Waals surface area contributed by atoms with Crippen molar-refractivity contribution < 1.29 is 5.11 Å². The summed E-state index contributed by atoms with van der Waals surface area (Å²) in [7, 11) is 1.86. The molecule has 0 bridgehead atoms. The van der Waals surface area contributed by atoms with E-state index < -0.39 is 0 Å². The first kappa shape index (κ1) is 13.8. The largest absolute Gasteiger partial charge is 0.393 e. The molecule has 2 heterocycles. The second-order valence-corrected chi connectivity index (χ2v) is 5.27. The Balaban J connectivity index is 1.94. The maximum atomic E-state index is 9.64. The van der Waals surface area contributed by atoms with Crippen molar-refractivity contribution in [3.05, 3.63) is 36.4 Å². The minimum atomic E-state index is -0.180. The van der Waals surface area contributed by atoms with E-state index in [2.05, 4.69) is 15.2 Å². The smallest absolute Gasteiger partial charge is 0.163 e. The summed E-state index contributed by atoms with van der Waals surface area (Å²) in [6, 6.07) is 11.9. The van der Waals surface area contributed by atoms with Crippen LogP contribution < -0.4 is 10.2 Å². The van der Waals surface area contributed by atoms with E-state index in [4.69, 9.17) is 4.98 Å². The van der Waals surface area contributed by atoms with Gasteiger partial charge in [-0.15, -0.1) is 0 Å². The van der Waals surface area contributed by atoms with Crippen molar-refractivity contribution in [2.24, 2.45) is 0 Å². The Morgan fingerprint density at radius 1 is 1.14 bits per heavy atom. The number of aliphatic hydroxyl groups is 1. The molecule has 0 saturated carbocycles. The van der Waals surface area contributed by atoms with Crippen LogP contribution in [0.15, 0.2) is 36.4 Å². The topological polar surface area (TPSA) is 61.3 Å². The Morgan fingerprint density at radius 2 is 1.86 bits per heavy atom. The summed E-state index contributed by atoms with van der Waals surface area (Å²) in [6.07, 6.45) is 1.40. The molecule has 2 aromatic rings. The van der Waals surface area contributed by atoms with Crippen LogP contribution in [0.4, 0.5) is 11.6 Å². The molecule has 0 spiro atoms. The standard InChI is InChI=1S/C16H20N4O/c1-17-14-11-15(20-9-7-13(21)8-10-20)19-16(18-14)12-5-3-2-4-6-12/h2-6,11,13,21H,7-10H2,1H3,(H,17,18,19). The minimum absolute atomic E-state index is 0.180. The number of aliphatic hydroxyl groups excluding tert-OH is 1. The molecule has 2 N–H and O–H groups in total. The van der Waals surface area contributed by atoms with Gasteiger partial charge >= 0.3 is 0 Å². The van der Waals surface area contributed by atoms with Crippen molar-refractivity contribution in [1.82, 2.24) is 9.97 Å². The summed E-state index contributed by atoms with van der Waals surface area (Å²) in [4.78, 5) is 11.4. The lowest BCUT2D eigenvalue weighted by Crippen LogP contribution is -2.36. The third-order valence-corrected chi connectivity index (χ3v) is 3.79. The lowest BCUT2D eigenvalue weighted by molar-refractivity contribution is 0.145. The van der Waals surface area contributed by atoms with E-state index >= 15 is 0 Å². The molecule has 1 fully saturated rings. The van der Waals surface area contributed by atoms with Gasteiger partial charge in [-0.25, -0.2) is 9.97 Å². The molecule has 5 heteroatoms. The zero-order valence-corrected chi connectivity index (χ0v) is 12.2. The minimum Gasteiger partial charge on any atom is -0.393 e. The van der Waals surface area contributed by atoms with E-state index in [1.807, 2.05) is 43.4 Å². The first-order chi connectivity index (χ1) is 10.3. The van der Waals surface area contributed by atoms with E-state index in [1.54, 1.807) is 0 Å². The Morgan fingerprint density at radius 3 is 2.52 bits per heavy atom. The van der Waals surface area contributed by atoms with Crippen molar-refractivity contribution in [2.75, 3.05) is 30.4 Å². The normalized spacial score (nSPS) is 16.0. The molecule has 1 aliphatic heterocycles. The molecular weight excluding hydrogens is 264 g/mol. The maximum Gasteiger partial charge on any atom is 0.163 e. The van der Waals surface area contributed by atoms with Gasteiger partial charge in [0.2, 0.25) is 0 Å². The van der Waals surface area contributed by atoms with Crippen LogP contribution in [-0.4, -0.2) is 41.3 Å². The second-order valence-electron chi connectivity index (χ2n) is 5.27. The highest BCUT2D eigenvalue weighted by Gasteiger charge is 2.19. The molecule has 0 aliphatic carbocycles. The number of anilines is 2. The van der Waals surface area contributed by atoms with Crippen LogP contribution in [0.1, 0.15) is 12.8 Å². The Labute approximate surface area is 124 Å². The van der Waals surface area contributed by atoms with Gasteiger partial charge in [-0.2, -0.15) is 0 Å². The van der Waals surface area contributed by atoms with Crippen LogP contribution in [0.3, 0.4) is 0 Å². The molecule has 0 radical (unpaired) electrons. The zero-order chi connectivity index (χ0) is 14.7. The van der Waals surface area contributed by atoms with Crippen molar-refractivity contribution in [2.45, 2.75) is 18.9 Å². The highest BCUT2D eigenvalue weighted by molar-refractivity contribution is 5.61. The van der Waals surface area contributed by atoms with Crippen LogP contribution in [0.5, 0.6) is 0 Å². The number of aromatic nitrogens is 2. The Kier molecular flexibility index (Phi) is 4.01. The third-order valence-electron chi connectivity index (χ3n) is 3.79. The fourth-order valence-corrected chi connectivity index (χ4v) is 2.54. The predicted molar refractivity (Wildman–Crippen MR) is 84.5 cm³/mol. The van der Waals surface area contributed by atoms with Crippen molar-refractivity contribution in [3.63, 3.8) is 0 Å². The summed E-state index contributed by atoms with van der Waals surface area (Å²) >= 11 is 0. The third kappa shape index (κ3) is 3.13. The summed E-state index contributed by atoms with van der Waals surface area (Å²) in [5.74, 6) is 2.45. The van der Waals surface area contributed by atoms with E-state index in [-0.39, 0.29) is 6.10 Å². The predicted octanol–water partition coefficient (Wildman–Crippen LogP) is 2.15. The number of hydrogen-bond acceptors (Lipinski definition) is 5. The van der Waals surface area contributed by atoms with Gasteiger partial charge in [-0.1, -0.05) is 30.3 Å². The number of nitrogens with one attached hydrogen (secondary N) is 1. The SMILES string of the molecule is CNc1cc(N2CCC(O)CC2)nc(-c2ccccc2)n1. The van der Waals surface area contributed by atoms with Gasteiger partial charge in [0.25, 0.3) is 0 Å². The monoisotopic (exact) mass is 284 g/mol. The van der Waals surface area contributed by atoms with Gasteiger partial charge in [0.1, 0.15) is 11.6 Å². The zero-order valence-electron chi connectivity index (χ0n) is 12.2. The lowest BCUT2D eigenvalue weighted by Gasteiger charge is -2.30. The molecule has 1 aromatic carbocycles. The lowest BCUT2D eigenvalue weighted by atomic mass is 10.1. The number of nitrogens with zero attached hydrogens (tertiary/aromatic N) is 3. The molecule has 3 rings (SSSR count). The Bertz CT molecular complexity index is 594. The molecule has 1 saturated heterocycles. The van der Waals surface area contributed by atoms with Crippen LogP contribution >= 0.6 is 0 Å². The molecule has 0 amide bonds. The van der Waals surface area contributed by atoms with E-state index in [9.17, 15) is 5.11 Å².